The Morgan fingerprint density at radius 1 is 0.780 bits per heavy atom. The highest BCUT2D eigenvalue weighted by atomic mass is 28.3. The first kappa shape index (κ1) is 36.9. The molecule has 0 bridgehead atoms. The molecule has 3 aliphatic carbocycles. The van der Waals surface area contributed by atoms with E-state index in [2.05, 4.69) is 176 Å². The number of rotatable bonds is 12. The van der Waals surface area contributed by atoms with Crippen LogP contribution in [0.5, 0.6) is 0 Å². The minimum Gasteiger partial charge on any atom is -0.310 e. The summed E-state index contributed by atoms with van der Waals surface area (Å²) < 4.78 is 3.83. The van der Waals surface area contributed by atoms with Crippen molar-refractivity contribution in [3.8, 4) is 0 Å². The maximum atomic E-state index is 2.93. The molecule has 6 rings (SSSR count). The zero-order valence-electron chi connectivity index (χ0n) is 33.3. The molecule has 4 unspecified atom stereocenters. The lowest BCUT2D eigenvalue weighted by Gasteiger charge is -2.55. The fourth-order valence-corrected chi connectivity index (χ4v) is 17.9. The second-order valence-electron chi connectivity index (χ2n) is 18.2. The summed E-state index contributed by atoms with van der Waals surface area (Å²) in [4.78, 5) is 2.46. The van der Waals surface area contributed by atoms with Gasteiger partial charge in [0, 0.05) is 22.5 Å². The normalized spacial score (nSPS) is 22.9. The van der Waals surface area contributed by atoms with E-state index in [1.54, 1.807) is 16.7 Å². The van der Waals surface area contributed by atoms with E-state index in [9.17, 15) is 0 Å². The van der Waals surface area contributed by atoms with Gasteiger partial charge in [0.15, 0.2) is 8.24 Å². The number of nitrogens with zero attached hydrogens (tertiary/aromatic N) is 3. The molecule has 0 amide bonds. The number of unbranched alkanes of at least 4 members (excludes halogenated alkanes) is 2. The summed E-state index contributed by atoms with van der Waals surface area (Å²) in [6, 6.07) is 29.4. The zero-order valence-corrected chi connectivity index (χ0v) is 34.3. The van der Waals surface area contributed by atoms with Gasteiger partial charge in [0.1, 0.15) is 0 Å². The number of hydrogen-bond donors (Lipinski definition) is 0. The van der Waals surface area contributed by atoms with Crippen LogP contribution in [0.1, 0.15) is 97.6 Å². The van der Waals surface area contributed by atoms with Gasteiger partial charge in [-0.3, -0.25) is 4.59 Å². The summed E-state index contributed by atoms with van der Waals surface area (Å²) in [6.07, 6.45) is 14.4. The number of fused-ring (bicyclic) bond motifs is 4. The minimum absolute atomic E-state index is 0.0547. The number of hydrogen-bond acceptors (Lipinski definition) is 2. The number of allylic oxidation sites excluding steroid dienone is 4. The standard InChI is InChI=1S/C46H66N3Si/c1-12-14-28-46(29-15-13-2)42-32-38(47(36-22-18-16-19-23-36)37-24-20-17-21-25-37)26-27-39(42)41-31-35-30-34(3)44(40(35)33-43(41)46)50(10,11)48(45(4,5)6)49(7,8)9/h16-27,31-35,40,44H,12-15,28-30H2,1-11H3/q+1. The van der Waals surface area contributed by atoms with E-state index in [0.717, 1.165) is 4.59 Å². The minimum atomic E-state index is -1.94. The van der Waals surface area contributed by atoms with E-state index in [4.69, 9.17) is 0 Å². The summed E-state index contributed by atoms with van der Waals surface area (Å²) >= 11 is 0. The van der Waals surface area contributed by atoms with E-state index < -0.39 is 8.24 Å². The molecule has 0 heterocycles. The molecule has 3 aliphatic rings. The van der Waals surface area contributed by atoms with Gasteiger partial charge in [0.05, 0.1) is 26.7 Å². The largest absolute Gasteiger partial charge is 0.310 e. The third-order valence-electron chi connectivity index (χ3n) is 12.3. The Kier molecular flexibility index (Phi) is 10.2. The molecule has 0 aliphatic heterocycles. The number of anilines is 3. The van der Waals surface area contributed by atoms with Gasteiger partial charge in [0.2, 0.25) is 0 Å². The second-order valence-corrected chi connectivity index (χ2v) is 22.6. The van der Waals surface area contributed by atoms with Crippen molar-refractivity contribution in [2.75, 3.05) is 26.0 Å². The van der Waals surface area contributed by atoms with Crippen molar-refractivity contribution in [3.63, 3.8) is 0 Å². The SMILES string of the molecule is CCCCC1(CCCC)C2=CC3C(C=C2c2ccc(N(c4ccccc4)c4ccccc4)cc21)CC(C)C3[Si](C)(C)N(C(C)(C)C)[N+](C)(C)C. The topological polar surface area (TPSA) is 6.48 Å². The average Bonchev–Trinajstić information content (AvgIpc) is 3.52. The molecule has 1 saturated carbocycles. The van der Waals surface area contributed by atoms with E-state index in [1.807, 2.05) is 0 Å². The van der Waals surface area contributed by atoms with Gasteiger partial charge in [0.25, 0.3) is 0 Å². The lowest BCUT2D eigenvalue weighted by atomic mass is 9.68. The van der Waals surface area contributed by atoms with Crippen molar-refractivity contribution >= 4 is 30.9 Å². The Morgan fingerprint density at radius 2 is 1.34 bits per heavy atom. The molecule has 0 N–H and O–H groups in total. The summed E-state index contributed by atoms with van der Waals surface area (Å²) in [5.74, 6) is 1.92. The van der Waals surface area contributed by atoms with Crippen LogP contribution in [0.15, 0.2) is 96.6 Å². The summed E-state index contributed by atoms with van der Waals surface area (Å²) in [5, 5.41) is 0. The van der Waals surface area contributed by atoms with Crippen LogP contribution in [0.25, 0.3) is 5.57 Å². The van der Waals surface area contributed by atoms with Crippen molar-refractivity contribution in [1.29, 1.82) is 0 Å². The number of benzene rings is 3. The van der Waals surface area contributed by atoms with Crippen LogP contribution in [-0.2, 0) is 5.41 Å². The Hall–Kier alpha value is -2.92. The molecule has 50 heavy (non-hydrogen) atoms. The molecule has 3 aromatic rings. The van der Waals surface area contributed by atoms with Crippen LogP contribution in [-0.4, -0.2) is 44.2 Å². The smallest absolute Gasteiger partial charge is 0.191 e. The zero-order chi connectivity index (χ0) is 36.1. The Bertz CT molecular complexity index is 1630. The quantitative estimate of drug-likeness (QED) is 0.106. The van der Waals surface area contributed by atoms with E-state index in [-0.39, 0.29) is 11.0 Å². The van der Waals surface area contributed by atoms with Gasteiger partial charge in [-0.15, -0.1) is 0 Å². The van der Waals surface area contributed by atoms with Crippen LogP contribution < -0.4 is 4.90 Å². The Morgan fingerprint density at radius 3 is 1.84 bits per heavy atom. The summed E-state index contributed by atoms with van der Waals surface area (Å²) in [5.41, 5.74) is 10.9. The van der Waals surface area contributed by atoms with Crippen LogP contribution >= 0.6 is 0 Å². The third-order valence-corrected chi connectivity index (χ3v) is 17.3. The molecule has 4 atom stereocenters. The highest BCUT2D eigenvalue weighted by molar-refractivity contribution is 6.76. The molecule has 4 heteroatoms. The van der Waals surface area contributed by atoms with Crippen molar-refractivity contribution in [2.45, 2.75) is 116 Å². The lowest BCUT2D eigenvalue weighted by Crippen LogP contribution is -2.72. The summed E-state index contributed by atoms with van der Waals surface area (Å²) in [6.45, 7) is 20.1. The van der Waals surface area contributed by atoms with E-state index in [1.165, 1.54) is 67.6 Å². The molecule has 0 saturated heterocycles. The molecule has 1 fully saturated rings. The third kappa shape index (κ3) is 6.50. The van der Waals surface area contributed by atoms with Crippen LogP contribution in [0.3, 0.4) is 0 Å². The first-order valence-electron chi connectivity index (χ1n) is 19.8. The fourth-order valence-electron chi connectivity index (χ4n) is 11.5. The maximum Gasteiger partial charge on any atom is 0.191 e. The average molecular weight is 689 g/mol. The van der Waals surface area contributed by atoms with E-state index >= 15 is 0 Å². The fraction of sp³-hybridized carbons (Fsp3) is 0.522. The van der Waals surface area contributed by atoms with Crippen molar-refractivity contribution in [3.05, 3.63) is 108 Å². The van der Waals surface area contributed by atoms with Gasteiger partial charge in [-0.25, -0.2) is 0 Å². The molecule has 3 nitrogen and oxygen atoms in total. The Balaban J connectivity index is 1.53. The predicted molar refractivity (Wildman–Crippen MR) is 220 cm³/mol. The predicted octanol–water partition coefficient (Wildman–Crippen LogP) is 12.7. The van der Waals surface area contributed by atoms with Crippen molar-refractivity contribution in [1.82, 2.24) is 4.67 Å². The highest BCUT2D eigenvalue weighted by Gasteiger charge is 2.59. The first-order chi connectivity index (χ1) is 23.6. The van der Waals surface area contributed by atoms with Crippen molar-refractivity contribution < 1.29 is 4.59 Å². The van der Waals surface area contributed by atoms with Gasteiger partial charge in [-0.05, 0) is 122 Å². The second kappa shape index (κ2) is 13.9. The molecule has 0 spiro atoms. The van der Waals surface area contributed by atoms with Gasteiger partial charge < -0.3 is 4.90 Å². The van der Waals surface area contributed by atoms with Crippen LogP contribution in [0.4, 0.5) is 17.1 Å². The summed E-state index contributed by atoms with van der Waals surface area (Å²) in [7, 11) is 5.25. The maximum absolute atomic E-state index is 2.93. The van der Waals surface area contributed by atoms with Gasteiger partial charge >= 0.3 is 0 Å². The van der Waals surface area contributed by atoms with Crippen LogP contribution in [0, 0.1) is 17.8 Å². The molecular formula is C46H66N3Si+. The lowest BCUT2D eigenvalue weighted by molar-refractivity contribution is -0.978. The molecule has 3 aromatic carbocycles. The number of para-hydroxylation sites is 2. The van der Waals surface area contributed by atoms with Crippen LogP contribution in [0.2, 0.25) is 18.6 Å². The molecular weight excluding hydrogens is 623 g/mol. The van der Waals surface area contributed by atoms with Gasteiger partial charge in [-0.1, -0.05) is 114 Å². The number of quaternary nitrogens is 1. The highest BCUT2D eigenvalue weighted by Crippen LogP contribution is 2.63. The Labute approximate surface area is 306 Å². The van der Waals surface area contributed by atoms with Crippen molar-refractivity contribution in [2.24, 2.45) is 17.8 Å². The molecule has 0 aromatic heterocycles. The first-order valence-corrected chi connectivity index (χ1v) is 22.8. The van der Waals surface area contributed by atoms with Gasteiger partial charge in [-0.2, -0.15) is 4.67 Å². The molecule has 268 valence electrons. The molecule has 0 radical (unpaired) electrons. The monoisotopic (exact) mass is 689 g/mol. The van der Waals surface area contributed by atoms with E-state index in [0.29, 0.717) is 23.3 Å².